The van der Waals surface area contributed by atoms with E-state index in [1.54, 1.807) is 6.07 Å². The van der Waals surface area contributed by atoms with Crippen LogP contribution in [0.3, 0.4) is 0 Å². The van der Waals surface area contributed by atoms with Crippen LogP contribution in [0.1, 0.15) is 5.76 Å². The molecule has 0 radical (unpaired) electrons. The lowest BCUT2D eigenvalue weighted by Gasteiger charge is -2.06. The Balaban J connectivity index is 1.52. The van der Waals surface area contributed by atoms with Gasteiger partial charge in [-0.25, -0.2) is 5.43 Å². The summed E-state index contributed by atoms with van der Waals surface area (Å²) in [6, 6.07) is 17.7. The Labute approximate surface area is 146 Å². The van der Waals surface area contributed by atoms with Gasteiger partial charge in [-0.1, -0.05) is 30.3 Å². The van der Waals surface area contributed by atoms with E-state index in [2.05, 4.69) is 44.5 Å². The van der Waals surface area contributed by atoms with Gasteiger partial charge in [-0.15, -0.1) is 0 Å². The monoisotopic (exact) mass is 419 g/mol. The van der Waals surface area contributed by atoms with Crippen LogP contribution < -0.4 is 10.7 Å². The summed E-state index contributed by atoms with van der Waals surface area (Å²) >= 11 is 2.07. The number of benzene rings is 2. The van der Waals surface area contributed by atoms with Crippen molar-refractivity contribution in [3.63, 3.8) is 0 Å². The fourth-order valence-corrected chi connectivity index (χ4v) is 2.52. The van der Waals surface area contributed by atoms with Crippen LogP contribution in [0, 0.1) is 3.77 Å². The third-order valence-corrected chi connectivity index (χ3v) is 3.76. The molecule has 5 nitrogen and oxygen atoms in total. The molecule has 0 aliphatic carbocycles. The van der Waals surface area contributed by atoms with Crippen molar-refractivity contribution in [1.29, 1.82) is 0 Å². The van der Waals surface area contributed by atoms with E-state index in [-0.39, 0.29) is 12.5 Å². The average molecular weight is 419 g/mol. The Kier molecular flexibility index (Phi) is 4.92. The second kappa shape index (κ2) is 7.28. The van der Waals surface area contributed by atoms with Crippen molar-refractivity contribution in [3.8, 4) is 0 Å². The average Bonchev–Trinajstić information content (AvgIpc) is 2.98. The van der Waals surface area contributed by atoms with E-state index in [1.807, 2.05) is 42.5 Å². The highest BCUT2D eigenvalue weighted by Crippen LogP contribution is 2.18. The molecule has 3 aromatic rings. The number of hydrogen-bond acceptors (Lipinski definition) is 4. The second-order valence-corrected chi connectivity index (χ2v) is 5.91. The van der Waals surface area contributed by atoms with Gasteiger partial charge >= 0.3 is 0 Å². The van der Waals surface area contributed by atoms with Crippen molar-refractivity contribution in [2.75, 3.05) is 11.9 Å². The van der Waals surface area contributed by atoms with Crippen LogP contribution in [0.2, 0.25) is 0 Å². The van der Waals surface area contributed by atoms with Crippen LogP contribution in [0.25, 0.3) is 10.8 Å². The highest BCUT2D eigenvalue weighted by atomic mass is 127. The third kappa shape index (κ3) is 4.32. The quantitative estimate of drug-likeness (QED) is 0.378. The number of anilines is 1. The van der Waals surface area contributed by atoms with E-state index in [0.717, 1.165) is 14.8 Å². The minimum absolute atomic E-state index is 0.144. The van der Waals surface area contributed by atoms with Crippen LogP contribution >= 0.6 is 22.6 Å². The number of amides is 1. The zero-order valence-electron chi connectivity index (χ0n) is 12.1. The molecule has 1 heterocycles. The minimum Gasteiger partial charge on any atom is -0.449 e. The largest absolute Gasteiger partial charge is 0.449 e. The molecule has 0 unspecified atom stereocenters. The molecule has 0 atom stereocenters. The van der Waals surface area contributed by atoms with Gasteiger partial charge in [0.1, 0.15) is 5.76 Å². The molecule has 23 heavy (non-hydrogen) atoms. The number of furan rings is 1. The van der Waals surface area contributed by atoms with Crippen LogP contribution in [0.4, 0.5) is 5.69 Å². The van der Waals surface area contributed by atoms with Gasteiger partial charge in [-0.3, -0.25) is 4.79 Å². The van der Waals surface area contributed by atoms with Gasteiger partial charge in [0.2, 0.25) is 0 Å². The standard InChI is InChI=1S/C17H14IN3O2/c18-16-8-7-15(23-16)10-20-21-17(22)11-19-14-6-5-12-3-1-2-4-13(12)9-14/h1-10,19H,11H2,(H,21,22)/b20-10+. The van der Waals surface area contributed by atoms with Crippen LogP contribution in [-0.4, -0.2) is 18.7 Å². The summed E-state index contributed by atoms with van der Waals surface area (Å²) in [5, 5.41) is 9.23. The topological polar surface area (TPSA) is 66.6 Å². The highest BCUT2D eigenvalue weighted by molar-refractivity contribution is 14.1. The summed E-state index contributed by atoms with van der Waals surface area (Å²) in [5.41, 5.74) is 3.35. The summed E-state index contributed by atoms with van der Waals surface area (Å²) in [6.45, 7) is 0.144. The number of hydrogen-bond donors (Lipinski definition) is 2. The molecule has 0 aliphatic heterocycles. The fraction of sp³-hybridized carbons (Fsp3) is 0.0588. The molecule has 2 N–H and O–H groups in total. The number of nitrogens with zero attached hydrogens (tertiary/aromatic N) is 1. The van der Waals surface area contributed by atoms with Crippen molar-refractivity contribution < 1.29 is 9.21 Å². The molecule has 2 aromatic carbocycles. The number of rotatable bonds is 5. The van der Waals surface area contributed by atoms with E-state index in [9.17, 15) is 4.79 Å². The first-order valence-electron chi connectivity index (χ1n) is 7.01. The fourth-order valence-electron chi connectivity index (χ4n) is 2.09. The van der Waals surface area contributed by atoms with Crippen molar-refractivity contribution in [2.45, 2.75) is 0 Å². The molecule has 3 rings (SSSR count). The molecule has 0 fully saturated rings. The molecule has 116 valence electrons. The SMILES string of the molecule is O=C(CNc1ccc2ccccc2c1)N/N=C/c1ccc(I)o1. The van der Waals surface area contributed by atoms with Crippen LogP contribution in [-0.2, 0) is 4.79 Å². The second-order valence-electron chi connectivity index (χ2n) is 4.85. The summed E-state index contributed by atoms with van der Waals surface area (Å²) in [5.74, 6) is 0.368. The molecule has 0 saturated heterocycles. The third-order valence-electron chi connectivity index (χ3n) is 3.18. The number of halogens is 1. The molecule has 1 amide bonds. The van der Waals surface area contributed by atoms with E-state index in [1.165, 1.54) is 11.6 Å². The van der Waals surface area contributed by atoms with Gasteiger partial charge < -0.3 is 9.73 Å². The first kappa shape index (κ1) is 15.5. The summed E-state index contributed by atoms with van der Waals surface area (Å²) in [4.78, 5) is 11.8. The Morgan fingerprint density at radius 1 is 1.13 bits per heavy atom. The summed E-state index contributed by atoms with van der Waals surface area (Å²) in [6.07, 6.45) is 1.47. The summed E-state index contributed by atoms with van der Waals surface area (Å²) in [7, 11) is 0. The maximum absolute atomic E-state index is 11.8. The predicted molar refractivity (Wildman–Crippen MR) is 99.6 cm³/mol. The van der Waals surface area contributed by atoms with E-state index >= 15 is 0 Å². The smallest absolute Gasteiger partial charge is 0.259 e. The number of nitrogens with one attached hydrogen (secondary N) is 2. The Bertz CT molecular complexity index is 858. The van der Waals surface area contributed by atoms with Gasteiger partial charge in [0, 0.05) is 5.69 Å². The maximum Gasteiger partial charge on any atom is 0.259 e. The lowest BCUT2D eigenvalue weighted by Crippen LogP contribution is -2.25. The first-order chi connectivity index (χ1) is 11.2. The normalized spacial score (nSPS) is 11.0. The lowest BCUT2D eigenvalue weighted by molar-refractivity contribution is -0.119. The first-order valence-corrected chi connectivity index (χ1v) is 8.08. The van der Waals surface area contributed by atoms with Crippen molar-refractivity contribution in [1.82, 2.24) is 5.43 Å². The van der Waals surface area contributed by atoms with Gasteiger partial charge in [-0.05, 0) is 57.6 Å². The zero-order valence-corrected chi connectivity index (χ0v) is 14.3. The van der Waals surface area contributed by atoms with Crippen molar-refractivity contribution in [3.05, 3.63) is 64.1 Å². The molecule has 6 heteroatoms. The number of carbonyl (C=O) groups excluding carboxylic acids is 1. The van der Waals surface area contributed by atoms with Crippen molar-refractivity contribution >= 4 is 51.2 Å². The number of hydrazone groups is 1. The van der Waals surface area contributed by atoms with Crippen LogP contribution in [0.15, 0.2) is 64.1 Å². The van der Waals surface area contributed by atoms with Gasteiger partial charge in [0.05, 0.1) is 12.8 Å². The lowest BCUT2D eigenvalue weighted by atomic mass is 10.1. The van der Waals surface area contributed by atoms with Gasteiger partial charge in [0.15, 0.2) is 3.77 Å². The van der Waals surface area contributed by atoms with Gasteiger partial charge in [0.25, 0.3) is 5.91 Å². The van der Waals surface area contributed by atoms with E-state index < -0.39 is 0 Å². The molecule has 0 saturated carbocycles. The van der Waals surface area contributed by atoms with Crippen LogP contribution in [0.5, 0.6) is 0 Å². The predicted octanol–water partition coefficient (Wildman–Crippen LogP) is 3.60. The van der Waals surface area contributed by atoms with E-state index in [4.69, 9.17) is 4.42 Å². The molecule has 0 bridgehead atoms. The zero-order chi connectivity index (χ0) is 16.1. The Hall–Kier alpha value is -2.35. The highest BCUT2D eigenvalue weighted by Gasteiger charge is 2.01. The molecular formula is C17H14IN3O2. The Morgan fingerprint density at radius 3 is 2.74 bits per heavy atom. The molecule has 0 aliphatic rings. The number of carbonyl (C=O) groups is 1. The van der Waals surface area contributed by atoms with Crippen molar-refractivity contribution in [2.24, 2.45) is 5.10 Å². The minimum atomic E-state index is -0.226. The molecular weight excluding hydrogens is 405 g/mol. The Morgan fingerprint density at radius 2 is 1.96 bits per heavy atom. The molecule has 1 aromatic heterocycles. The maximum atomic E-state index is 11.8. The van der Waals surface area contributed by atoms with E-state index in [0.29, 0.717) is 5.76 Å². The summed E-state index contributed by atoms with van der Waals surface area (Å²) < 4.78 is 6.08. The molecule has 0 spiro atoms. The van der Waals surface area contributed by atoms with Gasteiger partial charge in [-0.2, -0.15) is 5.10 Å². The number of fused-ring (bicyclic) bond motifs is 1.